The van der Waals surface area contributed by atoms with Crippen molar-refractivity contribution in [2.75, 3.05) is 13.2 Å². The molecule has 0 saturated carbocycles. The zero-order valence-corrected chi connectivity index (χ0v) is 9.45. The molecule has 15 heavy (non-hydrogen) atoms. The van der Waals surface area contributed by atoms with E-state index in [9.17, 15) is 4.39 Å². The van der Waals surface area contributed by atoms with Crippen molar-refractivity contribution < 1.29 is 9.13 Å². The molecule has 1 aromatic carbocycles. The summed E-state index contributed by atoms with van der Waals surface area (Å²) < 4.78 is 18.5. The van der Waals surface area contributed by atoms with Crippen molar-refractivity contribution >= 4 is 15.9 Å². The van der Waals surface area contributed by atoms with Crippen LogP contribution < -0.4 is 4.74 Å². The van der Waals surface area contributed by atoms with Crippen molar-refractivity contribution in [2.45, 2.75) is 6.42 Å². The van der Waals surface area contributed by atoms with Gasteiger partial charge in [0.2, 0.25) is 0 Å². The van der Waals surface area contributed by atoms with Gasteiger partial charge in [0.15, 0.2) is 0 Å². The molecule has 4 nitrogen and oxygen atoms in total. The van der Waals surface area contributed by atoms with Crippen LogP contribution >= 0.6 is 15.9 Å². The van der Waals surface area contributed by atoms with Crippen LogP contribution in [0.5, 0.6) is 5.75 Å². The first-order valence-electron chi connectivity index (χ1n) is 4.33. The van der Waals surface area contributed by atoms with Crippen LogP contribution in [-0.4, -0.2) is 13.2 Å². The topological polar surface area (TPSA) is 58.0 Å². The number of azide groups is 1. The van der Waals surface area contributed by atoms with Crippen LogP contribution in [-0.2, 0) is 0 Å². The van der Waals surface area contributed by atoms with Gasteiger partial charge in [-0.3, -0.25) is 0 Å². The van der Waals surface area contributed by atoms with E-state index in [-0.39, 0.29) is 5.82 Å². The van der Waals surface area contributed by atoms with Crippen LogP contribution in [0.1, 0.15) is 6.42 Å². The Balaban J connectivity index is 2.37. The molecule has 6 heteroatoms. The predicted molar refractivity (Wildman–Crippen MR) is 58.2 cm³/mol. The minimum absolute atomic E-state index is 0.323. The molecular weight excluding hydrogens is 265 g/mol. The molecule has 0 aliphatic rings. The summed E-state index contributed by atoms with van der Waals surface area (Å²) in [5, 5.41) is 3.37. The minimum Gasteiger partial charge on any atom is -0.494 e. The van der Waals surface area contributed by atoms with E-state index in [0.29, 0.717) is 29.8 Å². The zero-order chi connectivity index (χ0) is 11.1. The Kier molecular flexibility index (Phi) is 4.93. The summed E-state index contributed by atoms with van der Waals surface area (Å²) in [5.74, 6) is 0.264. The largest absolute Gasteiger partial charge is 0.494 e. The van der Waals surface area contributed by atoms with Crippen LogP contribution in [0.3, 0.4) is 0 Å². The van der Waals surface area contributed by atoms with E-state index >= 15 is 0 Å². The lowest BCUT2D eigenvalue weighted by Gasteiger charge is -2.05. The van der Waals surface area contributed by atoms with Gasteiger partial charge < -0.3 is 4.74 Å². The fourth-order valence-electron chi connectivity index (χ4n) is 0.937. The van der Waals surface area contributed by atoms with E-state index < -0.39 is 0 Å². The van der Waals surface area contributed by atoms with Gasteiger partial charge in [0.1, 0.15) is 11.6 Å². The van der Waals surface area contributed by atoms with E-state index in [1.165, 1.54) is 6.07 Å². The molecule has 0 unspecified atom stereocenters. The molecule has 0 N–H and O–H groups in total. The SMILES string of the molecule is [N-]=[N+]=NCCCOc1ccc(F)c(Br)c1. The zero-order valence-electron chi connectivity index (χ0n) is 7.86. The molecule has 0 aliphatic carbocycles. The van der Waals surface area contributed by atoms with Gasteiger partial charge in [0, 0.05) is 11.5 Å². The normalized spacial score (nSPS) is 9.47. The Labute approximate surface area is 94.8 Å². The van der Waals surface area contributed by atoms with Crippen LogP contribution in [0, 0.1) is 5.82 Å². The number of ether oxygens (including phenoxy) is 1. The van der Waals surface area contributed by atoms with Gasteiger partial charge in [-0.2, -0.15) is 0 Å². The van der Waals surface area contributed by atoms with E-state index in [4.69, 9.17) is 10.3 Å². The number of benzene rings is 1. The molecule has 0 aromatic heterocycles. The monoisotopic (exact) mass is 273 g/mol. The summed E-state index contributed by atoms with van der Waals surface area (Å²) in [5.41, 5.74) is 8.02. The number of rotatable bonds is 5. The van der Waals surface area contributed by atoms with Gasteiger partial charge in [-0.25, -0.2) is 4.39 Å². The third-order valence-electron chi connectivity index (χ3n) is 1.63. The van der Waals surface area contributed by atoms with Gasteiger partial charge in [-0.05, 0) is 46.1 Å². The van der Waals surface area contributed by atoms with Crippen molar-refractivity contribution in [1.29, 1.82) is 0 Å². The van der Waals surface area contributed by atoms with Crippen molar-refractivity contribution in [1.82, 2.24) is 0 Å². The molecule has 0 fully saturated rings. The number of halogens is 2. The van der Waals surface area contributed by atoms with Crippen molar-refractivity contribution in [2.24, 2.45) is 5.11 Å². The second-order valence-electron chi connectivity index (χ2n) is 2.73. The highest BCUT2D eigenvalue weighted by molar-refractivity contribution is 9.10. The average Bonchev–Trinajstić information content (AvgIpc) is 2.23. The molecule has 0 bridgehead atoms. The summed E-state index contributed by atoms with van der Waals surface area (Å²) in [7, 11) is 0. The minimum atomic E-state index is -0.323. The maximum Gasteiger partial charge on any atom is 0.137 e. The third kappa shape index (κ3) is 4.18. The predicted octanol–water partition coefficient (Wildman–Crippen LogP) is 3.67. The van der Waals surface area contributed by atoms with Gasteiger partial charge in [0.05, 0.1) is 11.1 Å². The molecule has 0 saturated heterocycles. The molecule has 0 heterocycles. The van der Waals surface area contributed by atoms with Crippen molar-refractivity contribution in [3.05, 3.63) is 38.9 Å². The van der Waals surface area contributed by atoms with Crippen LogP contribution in [0.4, 0.5) is 4.39 Å². The van der Waals surface area contributed by atoms with E-state index in [0.717, 1.165) is 0 Å². The quantitative estimate of drug-likeness (QED) is 0.350. The van der Waals surface area contributed by atoms with Gasteiger partial charge in [0.25, 0.3) is 0 Å². The van der Waals surface area contributed by atoms with E-state index in [1.807, 2.05) is 0 Å². The Morgan fingerprint density at radius 3 is 3.00 bits per heavy atom. The highest BCUT2D eigenvalue weighted by Gasteiger charge is 2.00. The standard InChI is InChI=1S/C9H9BrFN3O/c10-8-6-7(2-3-9(8)11)15-5-1-4-13-14-12/h2-3,6H,1,4-5H2. The number of nitrogens with zero attached hydrogens (tertiary/aromatic N) is 3. The summed E-state index contributed by atoms with van der Waals surface area (Å²) in [4.78, 5) is 2.62. The highest BCUT2D eigenvalue weighted by Crippen LogP contribution is 2.21. The molecule has 0 atom stereocenters. The lowest BCUT2D eigenvalue weighted by molar-refractivity contribution is 0.312. The smallest absolute Gasteiger partial charge is 0.137 e. The first-order chi connectivity index (χ1) is 7.24. The average molecular weight is 274 g/mol. The molecule has 0 radical (unpaired) electrons. The molecular formula is C9H9BrFN3O. The molecule has 1 aromatic rings. The molecule has 1 rings (SSSR count). The van der Waals surface area contributed by atoms with Gasteiger partial charge in [-0.15, -0.1) is 0 Å². The molecule has 0 amide bonds. The molecule has 0 aliphatic heterocycles. The fourth-order valence-corrected chi connectivity index (χ4v) is 1.29. The van der Waals surface area contributed by atoms with E-state index in [1.54, 1.807) is 12.1 Å². The Bertz CT molecular complexity index is 380. The second-order valence-corrected chi connectivity index (χ2v) is 3.59. The Hall–Kier alpha value is -1.26. The van der Waals surface area contributed by atoms with Gasteiger partial charge in [-0.1, -0.05) is 5.11 Å². The summed E-state index contributed by atoms with van der Waals surface area (Å²) in [6.07, 6.45) is 0.638. The van der Waals surface area contributed by atoms with Gasteiger partial charge >= 0.3 is 0 Å². The lowest BCUT2D eigenvalue weighted by atomic mass is 10.3. The van der Waals surface area contributed by atoms with Crippen LogP contribution in [0.15, 0.2) is 27.8 Å². The maximum absolute atomic E-state index is 12.8. The second kappa shape index (κ2) is 6.27. The van der Waals surface area contributed by atoms with Crippen LogP contribution in [0.2, 0.25) is 0 Å². The summed E-state index contributed by atoms with van der Waals surface area (Å²) in [6.45, 7) is 0.843. The van der Waals surface area contributed by atoms with Crippen molar-refractivity contribution in [3.63, 3.8) is 0 Å². The summed E-state index contributed by atoms with van der Waals surface area (Å²) in [6, 6.07) is 4.43. The first-order valence-corrected chi connectivity index (χ1v) is 5.12. The molecule has 80 valence electrons. The summed E-state index contributed by atoms with van der Waals surface area (Å²) >= 11 is 3.06. The first kappa shape index (κ1) is 11.8. The fraction of sp³-hybridized carbons (Fsp3) is 0.333. The maximum atomic E-state index is 12.8. The lowest BCUT2D eigenvalue weighted by Crippen LogP contribution is -1.98. The van der Waals surface area contributed by atoms with Crippen molar-refractivity contribution in [3.8, 4) is 5.75 Å². The Morgan fingerprint density at radius 1 is 1.53 bits per heavy atom. The van der Waals surface area contributed by atoms with Crippen LogP contribution in [0.25, 0.3) is 10.4 Å². The third-order valence-corrected chi connectivity index (χ3v) is 2.23. The highest BCUT2D eigenvalue weighted by atomic mass is 79.9. The molecule has 0 spiro atoms. The Morgan fingerprint density at radius 2 is 2.33 bits per heavy atom. The van der Waals surface area contributed by atoms with E-state index in [2.05, 4.69) is 26.0 Å². The number of hydrogen-bond donors (Lipinski definition) is 0. The number of hydrogen-bond acceptors (Lipinski definition) is 2.